The van der Waals surface area contributed by atoms with Gasteiger partial charge < -0.3 is 4.42 Å². The molecule has 2 aliphatic rings. The molecular formula is C25H21BrN4O. The van der Waals surface area contributed by atoms with Gasteiger partial charge in [0.25, 0.3) is 0 Å². The smallest absolute Gasteiger partial charge is 0.181 e. The molecule has 2 aromatic carbocycles. The standard InChI is InChI=1S/C25H21BrN4O/c1-15-6-8-17(15)16-7-9-21-19(10-16)24(18-4-2-3-5-20(18)26)28-11-22-25(29-13-30(21)22)23-12-27-14-31-23/h2-5,7,9-10,12-15,17H,6,8,11H2,1H3/t15-,17+/m0/s1. The third-order valence-corrected chi connectivity index (χ3v) is 7.32. The maximum absolute atomic E-state index is 5.54. The van der Waals surface area contributed by atoms with Gasteiger partial charge in [-0.1, -0.05) is 47.1 Å². The summed E-state index contributed by atoms with van der Waals surface area (Å²) in [4.78, 5) is 13.8. The van der Waals surface area contributed by atoms with Crippen molar-refractivity contribution in [2.75, 3.05) is 0 Å². The van der Waals surface area contributed by atoms with Gasteiger partial charge >= 0.3 is 0 Å². The molecule has 6 rings (SSSR count). The molecule has 0 saturated heterocycles. The SMILES string of the molecule is C[C@H]1CC[C@H]1c1ccc2c(c1)C(c1ccccc1Br)=NCc1c(-c3cnco3)ncn1-2. The molecule has 0 N–H and O–H groups in total. The Balaban J connectivity index is 1.57. The van der Waals surface area contributed by atoms with Gasteiger partial charge in [0.15, 0.2) is 12.2 Å². The summed E-state index contributed by atoms with van der Waals surface area (Å²) in [5.41, 5.74) is 7.53. The van der Waals surface area contributed by atoms with Gasteiger partial charge in [0.2, 0.25) is 0 Å². The van der Waals surface area contributed by atoms with Crippen LogP contribution in [0.3, 0.4) is 0 Å². The molecule has 4 aromatic rings. The Bertz CT molecular complexity index is 1310. The van der Waals surface area contributed by atoms with Crippen molar-refractivity contribution in [3.63, 3.8) is 0 Å². The minimum absolute atomic E-state index is 0.510. The van der Waals surface area contributed by atoms with E-state index in [9.17, 15) is 0 Å². The number of halogens is 1. The van der Waals surface area contributed by atoms with Crippen molar-refractivity contribution in [1.82, 2.24) is 14.5 Å². The first kappa shape index (κ1) is 18.8. The van der Waals surface area contributed by atoms with Crippen LogP contribution in [0.5, 0.6) is 0 Å². The summed E-state index contributed by atoms with van der Waals surface area (Å²) in [5, 5.41) is 0. The van der Waals surface area contributed by atoms with E-state index in [1.807, 2.05) is 12.4 Å². The third kappa shape index (κ3) is 3.00. The Morgan fingerprint density at radius 3 is 2.74 bits per heavy atom. The van der Waals surface area contributed by atoms with E-state index in [1.54, 1.807) is 6.20 Å². The number of rotatable bonds is 3. The number of aliphatic imine (C=N–C) groups is 1. The van der Waals surface area contributed by atoms with Gasteiger partial charge in [0.05, 0.1) is 29.8 Å². The predicted octanol–water partition coefficient (Wildman–Crippen LogP) is 6.15. The Morgan fingerprint density at radius 2 is 2.00 bits per heavy atom. The molecule has 1 fully saturated rings. The molecule has 0 amide bonds. The van der Waals surface area contributed by atoms with Gasteiger partial charge in [-0.2, -0.15) is 0 Å². The Morgan fingerprint density at radius 1 is 1.10 bits per heavy atom. The first-order chi connectivity index (χ1) is 15.2. The van der Waals surface area contributed by atoms with E-state index in [-0.39, 0.29) is 0 Å². The molecule has 1 aliphatic heterocycles. The lowest BCUT2D eigenvalue weighted by molar-refractivity contribution is 0.280. The molecule has 0 bridgehead atoms. The van der Waals surface area contributed by atoms with Crippen LogP contribution in [0, 0.1) is 5.92 Å². The molecule has 5 nitrogen and oxygen atoms in total. The fraction of sp³-hybridized carbons (Fsp3) is 0.240. The topological polar surface area (TPSA) is 56.2 Å². The van der Waals surface area contributed by atoms with Crippen LogP contribution in [0.1, 0.15) is 48.1 Å². The van der Waals surface area contributed by atoms with Gasteiger partial charge in [0, 0.05) is 15.6 Å². The minimum atomic E-state index is 0.510. The zero-order valence-corrected chi connectivity index (χ0v) is 18.7. The summed E-state index contributed by atoms with van der Waals surface area (Å²) in [6, 6.07) is 15.1. The number of hydrogen-bond acceptors (Lipinski definition) is 4. The molecule has 0 spiro atoms. The summed E-state index contributed by atoms with van der Waals surface area (Å²) in [6.07, 6.45) is 7.57. The minimum Gasteiger partial charge on any atom is -0.442 e. The molecular weight excluding hydrogens is 452 g/mol. The number of nitrogens with zero attached hydrogens (tertiary/aromatic N) is 4. The molecule has 1 aliphatic carbocycles. The summed E-state index contributed by atoms with van der Waals surface area (Å²) < 4.78 is 8.74. The first-order valence-electron chi connectivity index (χ1n) is 10.6. The third-order valence-electron chi connectivity index (χ3n) is 6.63. The Kier molecular flexibility index (Phi) is 4.42. The van der Waals surface area contributed by atoms with Crippen molar-refractivity contribution in [3.05, 3.63) is 88.2 Å². The summed E-state index contributed by atoms with van der Waals surface area (Å²) >= 11 is 3.74. The van der Waals surface area contributed by atoms with Crippen LogP contribution in [-0.4, -0.2) is 20.2 Å². The molecule has 3 heterocycles. The van der Waals surface area contributed by atoms with E-state index in [0.717, 1.165) is 44.3 Å². The lowest BCUT2D eigenvalue weighted by Crippen LogP contribution is -2.21. The van der Waals surface area contributed by atoms with Crippen LogP contribution < -0.4 is 0 Å². The van der Waals surface area contributed by atoms with E-state index in [1.165, 1.54) is 24.8 Å². The average Bonchev–Trinajstić information content (AvgIpc) is 3.41. The van der Waals surface area contributed by atoms with Crippen LogP contribution in [0.4, 0.5) is 0 Å². The highest BCUT2D eigenvalue weighted by Crippen LogP contribution is 2.43. The molecule has 0 radical (unpaired) electrons. The van der Waals surface area contributed by atoms with Crippen molar-refractivity contribution >= 4 is 21.6 Å². The van der Waals surface area contributed by atoms with E-state index < -0.39 is 0 Å². The number of benzene rings is 2. The summed E-state index contributed by atoms with van der Waals surface area (Å²) in [7, 11) is 0. The van der Waals surface area contributed by atoms with Crippen LogP contribution >= 0.6 is 15.9 Å². The molecule has 154 valence electrons. The van der Waals surface area contributed by atoms with Gasteiger partial charge in [-0.25, -0.2) is 9.97 Å². The summed E-state index contributed by atoms with van der Waals surface area (Å²) in [5.74, 6) is 2.02. The molecule has 31 heavy (non-hydrogen) atoms. The number of oxazole rings is 1. The van der Waals surface area contributed by atoms with E-state index >= 15 is 0 Å². The maximum atomic E-state index is 5.54. The molecule has 2 aromatic heterocycles. The highest BCUT2D eigenvalue weighted by Gasteiger charge is 2.30. The second-order valence-electron chi connectivity index (χ2n) is 8.36. The van der Waals surface area contributed by atoms with Crippen LogP contribution in [0.2, 0.25) is 0 Å². The zero-order valence-electron chi connectivity index (χ0n) is 17.1. The largest absolute Gasteiger partial charge is 0.442 e. The second-order valence-corrected chi connectivity index (χ2v) is 9.21. The van der Waals surface area contributed by atoms with Crippen LogP contribution in [-0.2, 0) is 6.54 Å². The van der Waals surface area contributed by atoms with Crippen molar-refractivity contribution in [3.8, 4) is 17.1 Å². The number of imidazole rings is 1. The van der Waals surface area contributed by atoms with Gasteiger partial charge in [0.1, 0.15) is 12.0 Å². The van der Waals surface area contributed by atoms with Crippen LogP contribution in [0.25, 0.3) is 17.1 Å². The molecule has 6 heteroatoms. The number of fused-ring (bicyclic) bond motifs is 3. The van der Waals surface area contributed by atoms with E-state index in [0.29, 0.717) is 18.2 Å². The van der Waals surface area contributed by atoms with Gasteiger partial charge in [-0.15, -0.1) is 0 Å². The quantitative estimate of drug-likeness (QED) is 0.359. The van der Waals surface area contributed by atoms with Crippen molar-refractivity contribution in [2.45, 2.75) is 32.2 Å². The number of aromatic nitrogens is 3. The fourth-order valence-electron chi connectivity index (χ4n) is 4.74. The lowest BCUT2D eigenvalue weighted by atomic mass is 9.71. The Hall–Kier alpha value is -2.99. The molecule has 0 unspecified atom stereocenters. The molecule has 1 saturated carbocycles. The maximum Gasteiger partial charge on any atom is 0.181 e. The number of hydrogen-bond donors (Lipinski definition) is 0. The highest BCUT2D eigenvalue weighted by atomic mass is 79.9. The monoisotopic (exact) mass is 472 g/mol. The predicted molar refractivity (Wildman–Crippen MR) is 124 cm³/mol. The fourth-order valence-corrected chi connectivity index (χ4v) is 5.21. The van der Waals surface area contributed by atoms with E-state index in [4.69, 9.17) is 9.41 Å². The molecule has 2 atom stereocenters. The Labute approximate surface area is 189 Å². The van der Waals surface area contributed by atoms with Gasteiger partial charge in [-0.3, -0.25) is 9.56 Å². The zero-order chi connectivity index (χ0) is 20.9. The van der Waals surface area contributed by atoms with Crippen LogP contribution in [0.15, 0.2) is 75.3 Å². The van der Waals surface area contributed by atoms with Crippen molar-refractivity contribution < 1.29 is 4.42 Å². The second kappa shape index (κ2) is 7.31. The van der Waals surface area contributed by atoms with Gasteiger partial charge in [-0.05, 0) is 48.4 Å². The summed E-state index contributed by atoms with van der Waals surface area (Å²) in [6.45, 7) is 2.86. The normalized spacial score (nSPS) is 19.7. The van der Waals surface area contributed by atoms with E-state index in [2.05, 4.69) is 73.8 Å². The highest BCUT2D eigenvalue weighted by molar-refractivity contribution is 9.10. The van der Waals surface area contributed by atoms with Crippen molar-refractivity contribution in [2.24, 2.45) is 10.9 Å². The average molecular weight is 473 g/mol. The van der Waals surface area contributed by atoms with Crippen molar-refractivity contribution in [1.29, 1.82) is 0 Å². The first-order valence-corrected chi connectivity index (χ1v) is 11.4. The lowest BCUT2D eigenvalue weighted by Gasteiger charge is -2.34.